The van der Waals surface area contributed by atoms with E-state index in [1.54, 1.807) is 18.2 Å². The fourth-order valence-corrected chi connectivity index (χ4v) is 4.05. The highest BCUT2D eigenvalue weighted by Gasteiger charge is 2.32. The maximum absolute atomic E-state index is 11.8. The number of nitro groups is 1. The van der Waals surface area contributed by atoms with Crippen LogP contribution in [0.2, 0.25) is 0 Å². The first kappa shape index (κ1) is 16.2. The molecule has 0 saturated carbocycles. The summed E-state index contributed by atoms with van der Waals surface area (Å²) in [6.45, 7) is 0.581. The topological polar surface area (TPSA) is 118 Å². The average molecular weight is 327 g/mol. The lowest BCUT2D eigenvalue weighted by Crippen LogP contribution is -2.34. The van der Waals surface area contributed by atoms with Crippen molar-refractivity contribution >= 4 is 27.1 Å². The summed E-state index contributed by atoms with van der Waals surface area (Å²) in [5.41, 5.74) is 0.348. The number of benzene rings is 1. The Morgan fingerprint density at radius 3 is 2.68 bits per heavy atom. The first-order valence-electron chi connectivity index (χ1n) is 6.84. The van der Waals surface area contributed by atoms with Gasteiger partial charge in [-0.05, 0) is 12.5 Å². The van der Waals surface area contributed by atoms with Gasteiger partial charge in [0.2, 0.25) is 5.91 Å². The lowest BCUT2D eigenvalue weighted by molar-refractivity contribution is -0.384. The molecule has 1 aromatic carbocycles. The summed E-state index contributed by atoms with van der Waals surface area (Å²) in [6, 6.07) is 6.23. The molecule has 1 atom stereocenters. The van der Waals surface area contributed by atoms with Gasteiger partial charge >= 0.3 is 0 Å². The summed E-state index contributed by atoms with van der Waals surface area (Å²) >= 11 is 0. The van der Waals surface area contributed by atoms with Gasteiger partial charge in [-0.1, -0.05) is 12.1 Å². The number of sulfone groups is 1. The lowest BCUT2D eigenvalue weighted by Gasteiger charge is -2.10. The van der Waals surface area contributed by atoms with Crippen molar-refractivity contribution in [3.05, 3.63) is 34.4 Å². The van der Waals surface area contributed by atoms with Crippen molar-refractivity contribution in [3.8, 4) is 0 Å². The molecule has 0 bridgehead atoms. The van der Waals surface area contributed by atoms with Gasteiger partial charge in [0, 0.05) is 19.2 Å². The molecule has 2 rings (SSSR count). The Morgan fingerprint density at radius 1 is 1.32 bits per heavy atom. The number of carbonyl (C=O) groups excluding carboxylic acids is 1. The van der Waals surface area contributed by atoms with Crippen molar-refractivity contribution in [1.82, 2.24) is 5.32 Å². The summed E-state index contributed by atoms with van der Waals surface area (Å²) in [7, 11) is -3.08. The van der Waals surface area contributed by atoms with Crippen LogP contribution >= 0.6 is 0 Å². The van der Waals surface area contributed by atoms with E-state index in [1.807, 2.05) is 0 Å². The summed E-state index contributed by atoms with van der Waals surface area (Å²) in [4.78, 5) is 22.2. The molecule has 0 spiro atoms. The monoisotopic (exact) mass is 327 g/mol. The molecule has 0 aliphatic carbocycles. The number of para-hydroxylation sites is 2. The number of carbonyl (C=O) groups is 1. The largest absolute Gasteiger partial charge is 0.378 e. The van der Waals surface area contributed by atoms with Gasteiger partial charge in [-0.15, -0.1) is 0 Å². The number of amides is 1. The minimum Gasteiger partial charge on any atom is -0.378 e. The van der Waals surface area contributed by atoms with Crippen molar-refractivity contribution in [1.29, 1.82) is 0 Å². The van der Waals surface area contributed by atoms with E-state index in [4.69, 9.17) is 0 Å². The average Bonchev–Trinajstić information content (AvgIpc) is 2.84. The van der Waals surface area contributed by atoms with E-state index in [-0.39, 0.29) is 29.6 Å². The SMILES string of the molecule is O=C(NCCNc1ccccc1[N+](=O)[O-])C1CCS(=O)(=O)C1. The Labute approximate surface area is 128 Å². The van der Waals surface area contributed by atoms with Gasteiger partial charge in [0.15, 0.2) is 9.84 Å². The molecule has 1 saturated heterocycles. The maximum Gasteiger partial charge on any atom is 0.292 e. The van der Waals surface area contributed by atoms with E-state index in [2.05, 4.69) is 10.6 Å². The molecule has 1 aliphatic rings. The zero-order valence-electron chi connectivity index (χ0n) is 11.8. The highest BCUT2D eigenvalue weighted by atomic mass is 32.2. The molecular formula is C13H17N3O5S. The van der Waals surface area contributed by atoms with Gasteiger partial charge < -0.3 is 10.6 Å². The maximum atomic E-state index is 11.8. The van der Waals surface area contributed by atoms with Gasteiger partial charge in [-0.2, -0.15) is 0 Å². The van der Waals surface area contributed by atoms with Crippen LogP contribution in [0.3, 0.4) is 0 Å². The minimum absolute atomic E-state index is 0.0317. The fourth-order valence-electron chi connectivity index (χ4n) is 2.31. The first-order chi connectivity index (χ1) is 10.4. The Bertz CT molecular complexity index is 674. The van der Waals surface area contributed by atoms with Crippen molar-refractivity contribution in [2.45, 2.75) is 6.42 Å². The molecule has 0 radical (unpaired) electrons. The standard InChI is InChI=1S/C13H17N3O5S/c17-13(10-5-8-22(20,21)9-10)15-7-6-14-11-3-1-2-4-12(11)16(18)19/h1-4,10,14H,5-9H2,(H,15,17). The van der Waals surface area contributed by atoms with Crippen LogP contribution in [-0.2, 0) is 14.6 Å². The molecule has 1 unspecified atom stereocenters. The number of hydrogen-bond acceptors (Lipinski definition) is 6. The Balaban J connectivity index is 1.78. The van der Waals surface area contributed by atoms with Crippen LogP contribution < -0.4 is 10.6 Å². The van der Waals surface area contributed by atoms with Crippen LogP contribution in [0, 0.1) is 16.0 Å². The third-order valence-electron chi connectivity index (χ3n) is 3.44. The molecule has 1 heterocycles. The fraction of sp³-hybridized carbons (Fsp3) is 0.462. The number of anilines is 1. The molecule has 22 heavy (non-hydrogen) atoms. The lowest BCUT2D eigenvalue weighted by atomic mass is 10.1. The Morgan fingerprint density at radius 2 is 2.05 bits per heavy atom. The van der Waals surface area contributed by atoms with Crippen molar-refractivity contribution in [2.75, 3.05) is 29.9 Å². The van der Waals surface area contributed by atoms with Crippen LogP contribution in [0.4, 0.5) is 11.4 Å². The number of hydrogen-bond donors (Lipinski definition) is 2. The van der Waals surface area contributed by atoms with E-state index in [1.165, 1.54) is 6.07 Å². The minimum atomic E-state index is -3.08. The molecule has 1 aromatic rings. The zero-order valence-corrected chi connectivity index (χ0v) is 12.6. The third kappa shape index (κ3) is 4.17. The molecule has 8 nitrogen and oxygen atoms in total. The van der Waals surface area contributed by atoms with Crippen molar-refractivity contribution in [2.24, 2.45) is 5.92 Å². The van der Waals surface area contributed by atoms with E-state index >= 15 is 0 Å². The van der Waals surface area contributed by atoms with Crippen LogP contribution in [0.25, 0.3) is 0 Å². The van der Waals surface area contributed by atoms with E-state index in [0.717, 1.165) is 0 Å². The van der Waals surface area contributed by atoms with Gasteiger partial charge in [0.05, 0.1) is 22.3 Å². The van der Waals surface area contributed by atoms with Crippen LogP contribution in [0.1, 0.15) is 6.42 Å². The predicted octanol–water partition coefficient (Wildman–Crippen LogP) is 0.558. The van der Waals surface area contributed by atoms with Crippen LogP contribution in [-0.4, -0.2) is 43.8 Å². The molecular weight excluding hydrogens is 310 g/mol. The van der Waals surface area contributed by atoms with Crippen LogP contribution in [0.5, 0.6) is 0 Å². The normalized spacial score (nSPS) is 19.5. The van der Waals surface area contributed by atoms with E-state index < -0.39 is 20.7 Å². The van der Waals surface area contributed by atoms with E-state index in [9.17, 15) is 23.3 Å². The quantitative estimate of drug-likeness (QED) is 0.448. The number of nitrogens with zero attached hydrogens (tertiary/aromatic N) is 1. The second-order valence-corrected chi connectivity index (χ2v) is 7.32. The molecule has 120 valence electrons. The summed E-state index contributed by atoms with van der Waals surface area (Å²) in [5.74, 6) is -0.822. The Hall–Kier alpha value is -2.16. The highest BCUT2D eigenvalue weighted by Crippen LogP contribution is 2.22. The molecule has 0 aromatic heterocycles. The molecule has 9 heteroatoms. The summed E-state index contributed by atoms with van der Waals surface area (Å²) in [6.07, 6.45) is 0.353. The highest BCUT2D eigenvalue weighted by molar-refractivity contribution is 7.91. The second-order valence-electron chi connectivity index (χ2n) is 5.09. The zero-order chi connectivity index (χ0) is 16.2. The number of rotatable bonds is 6. The van der Waals surface area contributed by atoms with Crippen molar-refractivity contribution < 1.29 is 18.1 Å². The second kappa shape index (κ2) is 6.73. The summed E-state index contributed by atoms with van der Waals surface area (Å²) < 4.78 is 22.6. The summed E-state index contributed by atoms with van der Waals surface area (Å²) in [5, 5.41) is 16.4. The predicted molar refractivity (Wildman–Crippen MR) is 81.4 cm³/mol. The van der Waals surface area contributed by atoms with Crippen molar-refractivity contribution in [3.63, 3.8) is 0 Å². The molecule has 2 N–H and O–H groups in total. The van der Waals surface area contributed by atoms with Gasteiger partial charge in [-0.3, -0.25) is 14.9 Å². The molecule has 1 amide bonds. The van der Waals surface area contributed by atoms with Gasteiger partial charge in [0.25, 0.3) is 5.69 Å². The Kier molecular flexibility index (Phi) is 4.96. The molecule has 1 fully saturated rings. The van der Waals surface area contributed by atoms with E-state index in [0.29, 0.717) is 18.7 Å². The third-order valence-corrected chi connectivity index (χ3v) is 5.21. The molecule has 1 aliphatic heterocycles. The number of nitrogens with one attached hydrogen (secondary N) is 2. The number of nitro benzene ring substituents is 1. The smallest absolute Gasteiger partial charge is 0.292 e. The van der Waals surface area contributed by atoms with Gasteiger partial charge in [0.1, 0.15) is 5.69 Å². The van der Waals surface area contributed by atoms with Gasteiger partial charge in [-0.25, -0.2) is 8.42 Å². The van der Waals surface area contributed by atoms with Crippen LogP contribution in [0.15, 0.2) is 24.3 Å². The first-order valence-corrected chi connectivity index (χ1v) is 8.66.